The summed E-state index contributed by atoms with van der Waals surface area (Å²) in [7, 11) is 0. The van der Waals surface area contributed by atoms with E-state index in [1.54, 1.807) is 24.3 Å². The fraction of sp³-hybridized carbons (Fsp3) is 0. The Bertz CT molecular complexity index is 1100. The molecule has 2 N–H and O–H groups in total. The number of carbonyl (C=O) groups excluding carboxylic acids is 2. The van der Waals surface area contributed by atoms with Crippen molar-refractivity contribution in [3.05, 3.63) is 69.7 Å². The number of rotatable bonds is 2. The molecule has 0 saturated heterocycles. The quantitative estimate of drug-likeness (QED) is 0.498. The third kappa shape index (κ3) is 2.44. The average Bonchev–Trinajstić information content (AvgIpc) is 2.62. The first kappa shape index (κ1) is 16.3. The number of benzene rings is 3. The van der Waals surface area contributed by atoms with Crippen LogP contribution in [0.2, 0.25) is 0 Å². The van der Waals surface area contributed by atoms with Gasteiger partial charge in [-0.1, -0.05) is 28.1 Å². The summed E-state index contributed by atoms with van der Waals surface area (Å²) < 4.78 is 0.796. The summed E-state index contributed by atoms with van der Waals surface area (Å²) in [5.41, 5.74) is 1.03. The Balaban J connectivity index is 1.81. The van der Waals surface area contributed by atoms with Gasteiger partial charge in [0.2, 0.25) is 0 Å². The lowest BCUT2D eigenvalue weighted by atomic mass is 9.95. The number of hydrogen-bond acceptors (Lipinski definition) is 5. The fourth-order valence-corrected chi connectivity index (χ4v) is 3.38. The van der Waals surface area contributed by atoms with Crippen molar-refractivity contribution < 1.29 is 19.8 Å². The average molecular weight is 411 g/mol. The summed E-state index contributed by atoms with van der Waals surface area (Å²) in [6, 6.07) is 12.6. The minimum Gasteiger partial charge on any atom is -0.508 e. The van der Waals surface area contributed by atoms with Gasteiger partial charge in [0.15, 0.2) is 0 Å². The molecule has 0 atom stereocenters. The van der Waals surface area contributed by atoms with Crippen LogP contribution in [0.4, 0.5) is 0 Å². The summed E-state index contributed by atoms with van der Waals surface area (Å²) in [4.78, 5) is 25.5. The van der Waals surface area contributed by atoms with Gasteiger partial charge < -0.3 is 10.2 Å². The van der Waals surface area contributed by atoms with E-state index in [0.29, 0.717) is 16.5 Å². The lowest BCUT2D eigenvalue weighted by Gasteiger charge is -2.23. The molecule has 3 aromatic carbocycles. The second kappa shape index (κ2) is 5.96. The lowest BCUT2D eigenvalue weighted by molar-refractivity contribution is 0.0616. The largest absolute Gasteiger partial charge is 0.508 e. The van der Waals surface area contributed by atoms with Crippen molar-refractivity contribution in [3.8, 4) is 11.5 Å². The van der Waals surface area contributed by atoms with Crippen molar-refractivity contribution in [1.29, 1.82) is 0 Å². The Morgan fingerprint density at radius 2 is 1.69 bits per heavy atom. The Morgan fingerprint density at radius 1 is 0.962 bits per heavy atom. The van der Waals surface area contributed by atoms with Crippen LogP contribution in [-0.4, -0.2) is 33.3 Å². The maximum Gasteiger partial charge on any atom is 0.282 e. The van der Waals surface area contributed by atoms with E-state index < -0.39 is 11.8 Å². The molecule has 0 unspecified atom stereocenters. The summed E-state index contributed by atoms with van der Waals surface area (Å²) in [5.74, 6) is -1.39. The molecule has 0 saturated carbocycles. The summed E-state index contributed by atoms with van der Waals surface area (Å²) in [5, 5.41) is 25.3. The summed E-state index contributed by atoms with van der Waals surface area (Å²) in [6.07, 6.45) is 1.20. The maximum absolute atomic E-state index is 12.8. The molecule has 4 rings (SSSR count). The topological polar surface area (TPSA) is 90.2 Å². The van der Waals surface area contributed by atoms with E-state index >= 15 is 0 Å². The molecule has 26 heavy (non-hydrogen) atoms. The predicted octanol–water partition coefficient (Wildman–Crippen LogP) is 3.64. The first-order valence-corrected chi connectivity index (χ1v) is 8.42. The number of nitrogens with zero attached hydrogens (tertiary/aromatic N) is 2. The number of hydrogen-bond donors (Lipinski definition) is 2. The molecule has 0 aliphatic carbocycles. The number of amides is 2. The van der Waals surface area contributed by atoms with Crippen molar-refractivity contribution in [2.45, 2.75) is 0 Å². The monoisotopic (exact) mass is 410 g/mol. The van der Waals surface area contributed by atoms with Gasteiger partial charge in [-0.2, -0.15) is 10.1 Å². The van der Waals surface area contributed by atoms with E-state index in [1.165, 1.54) is 18.3 Å². The molecule has 2 amide bonds. The number of aromatic hydroxyl groups is 2. The number of carbonyl (C=O) groups is 2. The van der Waals surface area contributed by atoms with Gasteiger partial charge in [0, 0.05) is 21.5 Å². The highest BCUT2D eigenvalue weighted by Gasteiger charge is 2.33. The van der Waals surface area contributed by atoms with Gasteiger partial charge in [-0.25, -0.2) is 0 Å². The van der Waals surface area contributed by atoms with Crippen LogP contribution in [0.3, 0.4) is 0 Å². The highest BCUT2D eigenvalue weighted by Crippen LogP contribution is 2.34. The summed E-state index contributed by atoms with van der Waals surface area (Å²) >= 11 is 3.43. The zero-order valence-electron chi connectivity index (χ0n) is 13.2. The molecule has 3 aromatic rings. The molecule has 0 spiro atoms. The SMILES string of the molecule is O=C1c2cccc3c(Br)ccc(c23)C(=O)N1/N=C\c1ccc(O)cc1O. The number of hydrazone groups is 1. The van der Waals surface area contributed by atoms with Gasteiger partial charge >= 0.3 is 0 Å². The molecule has 1 heterocycles. The Morgan fingerprint density at radius 3 is 2.42 bits per heavy atom. The van der Waals surface area contributed by atoms with Crippen molar-refractivity contribution >= 4 is 44.7 Å². The first-order valence-electron chi connectivity index (χ1n) is 7.63. The molecule has 1 aliphatic rings. The van der Waals surface area contributed by atoms with Crippen molar-refractivity contribution in [2.24, 2.45) is 5.10 Å². The predicted molar refractivity (Wildman–Crippen MR) is 99.5 cm³/mol. The van der Waals surface area contributed by atoms with Crippen molar-refractivity contribution in [2.75, 3.05) is 0 Å². The van der Waals surface area contributed by atoms with Gasteiger partial charge in [-0.3, -0.25) is 9.59 Å². The van der Waals surface area contributed by atoms with E-state index in [4.69, 9.17) is 0 Å². The van der Waals surface area contributed by atoms with E-state index in [2.05, 4.69) is 21.0 Å². The van der Waals surface area contributed by atoms with E-state index in [0.717, 1.165) is 20.9 Å². The smallest absolute Gasteiger partial charge is 0.282 e. The fourth-order valence-electron chi connectivity index (χ4n) is 2.91. The van der Waals surface area contributed by atoms with Crippen LogP contribution in [0, 0.1) is 0 Å². The number of imide groups is 1. The number of halogens is 1. The van der Waals surface area contributed by atoms with Crippen molar-refractivity contribution in [3.63, 3.8) is 0 Å². The maximum atomic E-state index is 12.8. The van der Waals surface area contributed by atoms with E-state index in [9.17, 15) is 19.8 Å². The Hall–Kier alpha value is -3.19. The van der Waals surface area contributed by atoms with Crippen LogP contribution >= 0.6 is 15.9 Å². The molecule has 7 heteroatoms. The molecular formula is C19H11BrN2O4. The standard InChI is InChI=1S/C19H11BrN2O4/c20-15-7-6-14-17-12(15)2-1-3-13(17)18(25)22(19(14)26)21-9-10-4-5-11(23)8-16(10)24/h1-9,23-24H/b21-9-. The van der Waals surface area contributed by atoms with Crippen LogP contribution in [-0.2, 0) is 0 Å². The second-order valence-corrected chi connectivity index (χ2v) is 6.59. The Labute approximate surface area is 156 Å². The zero-order valence-corrected chi connectivity index (χ0v) is 14.8. The molecule has 1 aliphatic heterocycles. The molecular weight excluding hydrogens is 400 g/mol. The zero-order chi connectivity index (χ0) is 18.4. The highest BCUT2D eigenvalue weighted by atomic mass is 79.9. The van der Waals surface area contributed by atoms with Crippen LogP contribution in [0.1, 0.15) is 26.3 Å². The van der Waals surface area contributed by atoms with Gasteiger partial charge in [0.1, 0.15) is 11.5 Å². The third-order valence-corrected chi connectivity index (χ3v) is 4.85. The molecule has 128 valence electrons. The van der Waals surface area contributed by atoms with Crippen molar-refractivity contribution in [1.82, 2.24) is 5.01 Å². The number of phenolic OH excluding ortho intramolecular Hbond substituents is 2. The molecule has 0 radical (unpaired) electrons. The second-order valence-electron chi connectivity index (χ2n) is 5.73. The summed E-state index contributed by atoms with van der Waals surface area (Å²) in [6.45, 7) is 0. The van der Waals surface area contributed by atoms with Gasteiger partial charge in [0.25, 0.3) is 11.8 Å². The molecule has 0 aromatic heterocycles. The third-order valence-electron chi connectivity index (χ3n) is 4.16. The minimum absolute atomic E-state index is 0.101. The van der Waals surface area contributed by atoms with Gasteiger partial charge in [-0.05, 0) is 35.7 Å². The van der Waals surface area contributed by atoms with Crippen LogP contribution in [0.25, 0.3) is 10.8 Å². The highest BCUT2D eigenvalue weighted by molar-refractivity contribution is 9.10. The van der Waals surface area contributed by atoms with Gasteiger partial charge in [-0.15, -0.1) is 0 Å². The first-order chi connectivity index (χ1) is 12.5. The number of phenols is 2. The van der Waals surface area contributed by atoms with Crippen LogP contribution < -0.4 is 0 Å². The Kier molecular flexibility index (Phi) is 3.73. The van der Waals surface area contributed by atoms with Gasteiger partial charge in [0.05, 0.1) is 17.3 Å². The van der Waals surface area contributed by atoms with Crippen LogP contribution in [0.15, 0.2) is 58.1 Å². The molecule has 0 fully saturated rings. The molecule has 6 nitrogen and oxygen atoms in total. The van der Waals surface area contributed by atoms with E-state index in [-0.39, 0.29) is 17.1 Å². The van der Waals surface area contributed by atoms with E-state index in [1.807, 2.05) is 6.07 Å². The molecule has 0 bridgehead atoms. The van der Waals surface area contributed by atoms with Crippen LogP contribution in [0.5, 0.6) is 11.5 Å². The normalized spacial score (nSPS) is 13.8. The minimum atomic E-state index is -0.541. The lowest BCUT2D eigenvalue weighted by Crippen LogP contribution is -2.36.